The number of hydrogen-bond donors (Lipinski definition) is 2. The zero-order valence-electron chi connectivity index (χ0n) is 11.9. The number of benzene rings is 1. The SMILES string of the molecule is CCC1(O)CCN(C(=O)c2c[nH]c(=O)c3ccccc23)C1. The normalized spacial score (nSPS) is 21.9. The first-order valence-corrected chi connectivity index (χ1v) is 7.16. The highest BCUT2D eigenvalue weighted by atomic mass is 16.3. The number of nitrogens with one attached hydrogen (secondary N) is 1. The van der Waals surface area contributed by atoms with Gasteiger partial charge in [-0.25, -0.2) is 0 Å². The first kappa shape index (κ1) is 13.8. The Bertz CT molecular complexity index is 753. The minimum atomic E-state index is -0.784. The second-order valence-electron chi connectivity index (χ2n) is 5.63. The summed E-state index contributed by atoms with van der Waals surface area (Å²) >= 11 is 0. The van der Waals surface area contributed by atoms with Crippen LogP contribution in [0, 0.1) is 0 Å². The van der Waals surface area contributed by atoms with Crippen molar-refractivity contribution in [3.05, 3.63) is 46.4 Å². The van der Waals surface area contributed by atoms with Crippen molar-refractivity contribution in [1.29, 1.82) is 0 Å². The lowest BCUT2D eigenvalue weighted by molar-refractivity contribution is 0.0414. The number of nitrogens with zero attached hydrogens (tertiary/aromatic N) is 1. The smallest absolute Gasteiger partial charge is 0.256 e. The fourth-order valence-electron chi connectivity index (χ4n) is 2.87. The van der Waals surface area contributed by atoms with Crippen LogP contribution in [-0.2, 0) is 0 Å². The van der Waals surface area contributed by atoms with E-state index in [0.29, 0.717) is 42.3 Å². The van der Waals surface area contributed by atoms with Crippen LogP contribution in [0.4, 0.5) is 0 Å². The van der Waals surface area contributed by atoms with Crippen molar-refractivity contribution in [3.8, 4) is 0 Å². The molecule has 110 valence electrons. The minimum absolute atomic E-state index is 0.146. The van der Waals surface area contributed by atoms with Crippen molar-refractivity contribution < 1.29 is 9.90 Å². The summed E-state index contributed by atoms with van der Waals surface area (Å²) < 4.78 is 0. The Labute approximate surface area is 122 Å². The maximum Gasteiger partial charge on any atom is 0.256 e. The molecule has 3 rings (SSSR count). The van der Waals surface area contributed by atoms with E-state index in [2.05, 4.69) is 4.98 Å². The van der Waals surface area contributed by atoms with E-state index in [9.17, 15) is 14.7 Å². The molecule has 0 aliphatic carbocycles. The number of carbonyl (C=O) groups excluding carboxylic acids is 1. The van der Waals surface area contributed by atoms with E-state index >= 15 is 0 Å². The van der Waals surface area contributed by atoms with Gasteiger partial charge in [0, 0.05) is 30.1 Å². The fourth-order valence-corrected chi connectivity index (χ4v) is 2.87. The van der Waals surface area contributed by atoms with Gasteiger partial charge in [0.05, 0.1) is 11.2 Å². The first-order chi connectivity index (χ1) is 10.0. The van der Waals surface area contributed by atoms with Gasteiger partial charge in [-0.2, -0.15) is 0 Å². The van der Waals surface area contributed by atoms with Crippen molar-refractivity contribution in [2.45, 2.75) is 25.4 Å². The maximum absolute atomic E-state index is 12.7. The molecule has 5 nitrogen and oxygen atoms in total. The zero-order valence-corrected chi connectivity index (χ0v) is 11.9. The second kappa shape index (κ2) is 5.00. The molecule has 2 aromatic rings. The van der Waals surface area contributed by atoms with Crippen LogP contribution in [0.25, 0.3) is 10.8 Å². The molecule has 5 heteroatoms. The van der Waals surface area contributed by atoms with Gasteiger partial charge in [0.25, 0.3) is 11.5 Å². The molecule has 0 spiro atoms. The number of carbonyl (C=O) groups is 1. The number of aliphatic hydroxyl groups is 1. The fraction of sp³-hybridized carbons (Fsp3) is 0.375. The number of aromatic amines is 1. The van der Waals surface area contributed by atoms with Crippen LogP contribution in [0.15, 0.2) is 35.3 Å². The number of pyridine rings is 1. The Morgan fingerprint density at radius 3 is 2.76 bits per heavy atom. The van der Waals surface area contributed by atoms with Crippen molar-refractivity contribution in [2.75, 3.05) is 13.1 Å². The summed E-state index contributed by atoms with van der Waals surface area (Å²) in [5.41, 5.74) is -0.507. The summed E-state index contributed by atoms with van der Waals surface area (Å²) in [7, 11) is 0. The topological polar surface area (TPSA) is 73.4 Å². The van der Waals surface area contributed by atoms with Gasteiger partial charge in [0.15, 0.2) is 0 Å². The Hall–Kier alpha value is -2.14. The third-order valence-electron chi connectivity index (χ3n) is 4.32. The molecule has 0 radical (unpaired) electrons. The van der Waals surface area contributed by atoms with Gasteiger partial charge in [-0.3, -0.25) is 9.59 Å². The van der Waals surface area contributed by atoms with Gasteiger partial charge in [-0.15, -0.1) is 0 Å². The van der Waals surface area contributed by atoms with Gasteiger partial charge in [-0.1, -0.05) is 25.1 Å². The van der Waals surface area contributed by atoms with Crippen molar-refractivity contribution in [3.63, 3.8) is 0 Å². The Kier molecular flexibility index (Phi) is 3.29. The van der Waals surface area contributed by atoms with Crippen molar-refractivity contribution in [2.24, 2.45) is 0 Å². The van der Waals surface area contributed by atoms with E-state index < -0.39 is 5.60 Å². The number of fused-ring (bicyclic) bond motifs is 1. The van der Waals surface area contributed by atoms with E-state index in [1.165, 1.54) is 6.20 Å². The third kappa shape index (κ3) is 2.34. The lowest BCUT2D eigenvalue weighted by atomic mass is 10.0. The van der Waals surface area contributed by atoms with Crippen LogP contribution >= 0.6 is 0 Å². The quantitative estimate of drug-likeness (QED) is 0.879. The predicted octanol–water partition coefficient (Wildman–Crippen LogP) is 1.52. The molecule has 0 saturated carbocycles. The predicted molar refractivity (Wildman–Crippen MR) is 80.3 cm³/mol. The number of β-amino-alcohol motifs (C(OH)–C–C–N with tert-alkyl or cyclic N) is 1. The Morgan fingerprint density at radius 1 is 1.38 bits per heavy atom. The lowest BCUT2D eigenvalue weighted by Crippen LogP contribution is -2.35. The molecular formula is C16H18N2O3. The second-order valence-corrected chi connectivity index (χ2v) is 5.63. The number of rotatable bonds is 2. The van der Waals surface area contributed by atoms with Crippen LogP contribution in [0.2, 0.25) is 0 Å². The zero-order chi connectivity index (χ0) is 15.0. The number of H-pyrrole nitrogens is 1. The number of aromatic nitrogens is 1. The highest BCUT2D eigenvalue weighted by Crippen LogP contribution is 2.26. The van der Waals surface area contributed by atoms with Crippen molar-refractivity contribution in [1.82, 2.24) is 9.88 Å². The first-order valence-electron chi connectivity index (χ1n) is 7.16. The molecule has 21 heavy (non-hydrogen) atoms. The van der Waals surface area contributed by atoms with Crippen LogP contribution in [0.1, 0.15) is 30.1 Å². The molecule has 1 unspecified atom stereocenters. The minimum Gasteiger partial charge on any atom is -0.388 e. The summed E-state index contributed by atoms with van der Waals surface area (Å²) in [5.74, 6) is -0.146. The van der Waals surface area contributed by atoms with Gasteiger partial charge >= 0.3 is 0 Å². The number of likely N-dealkylation sites (tertiary alicyclic amines) is 1. The molecule has 1 saturated heterocycles. The highest BCUT2D eigenvalue weighted by molar-refractivity contribution is 6.06. The Balaban J connectivity index is 2.00. The van der Waals surface area contributed by atoms with Crippen molar-refractivity contribution >= 4 is 16.7 Å². The molecule has 2 N–H and O–H groups in total. The number of hydrogen-bond acceptors (Lipinski definition) is 3. The summed E-state index contributed by atoms with van der Waals surface area (Å²) in [6.07, 6.45) is 2.69. The molecule has 1 aliphatic heterocycles. The summed E-state index contributed by atoms with van der Waals surface area (Å²) in [6.45, 7) is 2.80. The van der Waals surface area contributed by atoms with E-state index in [0.717, 1.165) is 0 Å². The molecule has 1 amide bonds. The molecule has 1 aromatic heterocycles. The molecule has 1 aromatic carbocycles. The van der Waals surface area contributed by atoms with Crippen LogP contribution in [-0.4, -0.2) is 39.6 Å². The van der Waals surface area contributed by atoms with E-state index in [4.69, 9.17) is 0 Å². The van der Waals surface area contributed by atoms with E-state index in [1.807, 2.05) is 13.0 Å². The Morgan fingerprint density at radius 2 is 2.10 bits per heavy atom. The van der Waals surface area contributed by atoms with Gasteiger partial charge in [0.1, 0.15) is 0 Å². The standard InChI is InChI=1S/C16H18N2O3/c1-2-16(21)7-8-18(10-16)15(20)13-9-17-14(19)12-6-4-3-5-11(12)13/h3-6,9,21H,2,7-8,10H2,1H3,(H,17,19). The molecule has 1 aliphatic rings. The van der Waals surface area contributed by atoms with Gasteiger partial charge in [0.2, 0.25) is 0 Å². The molecule has 2 heterocycles. The van der Waals surface area contributed by atoms with Crippen LogP contribution in [0.3, 0.4) is 0 Å². The van der Waals surface area contributed by atoms with E-state index in [1.54, 1.807) is 23.1 Å². The molecule has 1 atom stereocenters. The van der Waals surface area contributed by atoms with E-state index in [-0.39, 0.29) is 11.5 Å². The molecule has 0 bridgehead atoms. The monoisotopic (exact) mass is 286 g/mol. The molecule has 1 fully saturated rings. The van der Waals surface area contributed by atoms with Crippen LogP contribution < -0.4 is 5.56 Å². The summed E-state index contributed by atoms with van der Waals surface area (Å²) in [5, 5.41) is 11.4. The average molecular weight is 286 g/mol. The van der Waals surface area contributed by atoms with Gasteiger partial charge in [-0.05, 0) is 18.9 Å². The number of amides is 1. The maximum atomic E-state index is 12.7. The highest BCUT2D eigenvalue weighted by Gasteiger charge is 2.37. The van der Waals surface area contributed by atoms with Crippen LogP contribution in [0.5, 0.6) is 0 Å². The lowest BCUT2D eigenvalue weighted by Gasteiger charge is -2.22. The average Bonchev–Trinajstić information content (AvgIpc) is 2.91. The molecular weight excluding hydrogens is 268 g/mol. The summed E-state index contributed by atoms with van der Waals surface area (Å²) in [6, 6.07) is 7.07. The largest absolute Gasteiger partial charge is 0.388 e. The third-order valence-corrected chi connectivity index (χ3v) is 4.32. The van der Waals surface area contributed by atoms with Gasteiger partial charge < -0.3 is 15.0 Å². The summed E-state index contributed by atoms with van der Waals surface area (Å²) in [4.78, 5) is 28.7.